The largest absolute Gasteiger partial charge is 0.454 e. The van der Waals surface area contributed by atoms with Crippen LogP contribution in [0.2, 0.25) is 0 Å². The van der Waals surface area contributed by atoms with Crippen LogP contribution in [0.3, 0.4) is 0 Å². The molecule has 1 aromatic carbocycles. The van der Waals surface area contributed by atoms with Gasteiger partial charge in [-0.05, 0) is 26.0 Å². The van der Waals surface area contributed by atoms with Crippen LogP contribution in [-0.4, -0.2) is 47.1 Å². The minimum Gasteiger partial charge on any atom is -0.454 e. The summed E-state index contributed by atoms with van der Waals surface area (Å²) in [6.07, 6.45) is 3.66. The molecule has 3 aromatic rings. The SMILES string of the molecule is CC(C)N1CCN(c2cnc(-c3cc4ccccc4o3)cn2)CC1.Cl.Cl. The molecule has 5 nitrogen and oxygen atoms in total. The fraction of sp³-hybridized carbons (Fsp3) is 0.368. The van der Waals surface area contributed by atoms with Gasteiger partial charge in [0.2, 0.25) is 0 Å². The molecule has 1 saturated heterocycles. The molecule has 0 saturated carbocycles. The van der Waals surface area contributed by atoms with Gasteiger partial charge in [0, 0.05) is 37.6 Å². The van der Waals surface area contributed by atoms with Crippen LogP contribution < -0.4 is 4.90 Å². The predicted octanol–water partition coefficient (Wildman–Crippen LogP) is 4.26. The second kappa shape index (κ2) is 8.71. The van der Waals surface area contributed by atoms with Crippen LogP contribution in [0.5, 0.6) is 0 Å². The third-order valence-electron chi connectivity index (χ3n) is 4.68. The van der Waals surface area contributed by atoms with Gasteiger partial charge in [-0.1, -0.05) is 18.2 Å². The second-order valence-electron chi connectivity index (χ2n) is 6.53. The van der Waals surface area contributed by atoms with Gasteiger partial charge >= 0.3 is 0 Å². The van der Waals surface area contributed by atoms with Crippen molar-refractivity contribution in [2.45, 2.75) is 19.9 Å². The highest BCUT2D eigenvalue weighted by atomic mass is 35.5. The molecular formula is C19H24Cl2N4O. The number of furan rings is 1. The second-order valence-corrected chi connectivity index (χ2v) is 6.53. The van der Waals surface area contributed by atoms with Crippen molar-refractivity contribution in [2.75, 3.05) is 31.1 Å². The van der Waals surface area contributed by atoms with Crippen LogP contribution in [0.1, 0.15) is 13.8 Å². The van der Waals surface area contributed by atoms with E-state index in [9.17, 15) is 0 Å². The zero-order chi connectivity index (χ0) is 16.5. The molecule has 0 N–H and O–H groups in total. The molecule has 3 heterocycles. The minimum atomic E-state index is 0. The summed E-state index contributed by atoms with van der Waals surface area (Å²) in [6.45, 7) is 8.64. The Balaban J connectivity index is 0.00000121. The molecule has 0 spiro atoms. The van der Waals surface area contributed by atoms with E-state index >= 15 is 0 Å². The van der Waals surface area contributed by atoms with Crippen molar-refractivity contribution in [2.24, 2.45) is 0 Å². The Morgan fingerprint density at radius 3 is 2.31 bits per heavy atom. The van der Waals surface area contributed by atoms with E-state index in [0.29, 0.717) is 6.04 Å². The van der Waals surface area contributed by atoms with E-state index in [0.717, 1.165) is 54.4 Å². The van der Waals surface area contributed by atoms with E-state index < -0.39 is 0 Å². The Bertz CT molecular complexity index is 794. The standard InChI is InChI=1S/C19H22N4O.2ClH/c1-14(2)22-7-9-23(10-8-22)19-13-20-16(12-21-19)18-11-15-5-3-4-6-17(15)24-18;;/h3-6,11-14H,7-10H2,1-2H3;2*1H. The Hall–Kier alpha value is -1.82. The van der Waals surface area contributed by atoms with Gasteiger partial charge < -0.3 is 9.32 Å². The number of benzene rings is 1. The lowest BCUT2D eigenvalue weighted by Crippen LogP contribution is -2.49. The first kappa shape index (κ1) is 20.5. The van der Waals surface area contributed by atoms with Crippen molar-refractivity contribution in [3.05, 3.63) is 42.7 Å². The topological polar surface area (TPSA) is 45.4 Å². The van der Waals surface area contributed by atoms with Gasteiger partial charge in [0.05, 0.1) is 12.4 Å². The first-order valence-electron chi connectivity index (χ1n) is 8.51. The summed E-state index contributed by atoms with van der Waals surface area (Å²) in [6, 6.07) is 10.6. The number of nitrogens with zero attached hydrogens (tertiary/aromatic N) is 4. The number of anilines is 1. The molecule has 0 bridgehead atoms. The molecule has 0 amide bonds. The highest BCUT2D eigenvalue weighted by Crippen LogP contribution is 2.26. The van der Waals surface area contributed by atoms with Crippen molar-refractivity contribution in [3.8, 4) is 11.5 Å². The zero-order valence-corrected chi connectivity index (χ0v) is 16.6. The van der Waals surface area contributed by atoms with Crippen molar-refractivity contribution in [1.82, 2.24) is 14.9 Å². The van der Waals surface area contributed by atoms with Crippen LogP contribution in [0.25, 0.3) is 22.4 Å². The zero-order valence-electron chi connectivity index (χ0n) is 15.0. The van der Waals surface area contributed by atoms with E-state index in [-0.39, 0.29) is 24.8 Å². The van der Waals surface area contributed by atoms with Gasteiger partial charge in [0.25, 0.3) is 0 Å². The summed E-state index contributed by atoms with van der Waals surface area (Å²) in [5.41, 5.74) is 1.65. The summed E-state index contributed by atoms with van der Waals surface area (Å²) in [7, 11) is 0. The minimum absolute atomic E-state index is 0. The van der Waals surface area contributed by atoms with Gasteiger partial charge in [-0.2, -0.15) is 0 Å². The fourth-order valence-electron chi connectivity index (χ4n) is 3.19. The number of piperazine rings is 1. The number of halogens is 2. The summed E-state index contributed by atoms with van der Waals surface area (Å²) < 4.78 is 5.86. The molecule has 7 heteroatoms. The lowest BCUT2D eigenvalue weighted by Gasteiger charge is -2.37. The molecule has 0 aliphatic carbocycles. The molecule has 0 radical (unpaired) electrons. The molecule has 26 heavy (non-hydrogen) atoms. The molecular weight excluding hydrogens is 371 g/mol. The average molecular weight is 395 g/mol. The van der Waals surface area contributed by atoms with E-state index in [2.05, 4.69) is 33.6 Å². The summed E-state index contributed by atoms with van der Waals surface area (Å²) >= 11 is 0. The van der Waals surface area contributed by atoms with Gasteiger partial charge in [0.1, 0.15) is 17.1 Å². The highest BCUT2D eigenvalue weighted by molar-refractivity contribution is 5.85. The van der Waals surface area contributed by atoms with Crippen molar-refractivity contribution >= 4 is 41.6 Å². The quantitative estimate of drug-likeness (QED) is 0.663. The molecule has 0 unspecified atom stereocenters. The van der Waals surface area contributed by atoms with E-state index in [1.807, 2.05) is 42.7 Å². The van der Waals surface area contributed by atoms with Gasteiger partial charge in [-0.3, -0.25) is 4.90 Å². The van der Waals surface area contributed by atoms with Gasteiger partial charge in [-0.25, -0.2) is 9.97 Å². The number of fused-ring (bicyclic) bond motifs is 1. The Labute approximate surface area is 166 Å². The van der Waals surface area contributed by atoms with E-state index in [4.69, 9.17) is 4.42 Å². The van der Waals surface area contributed by atoms with Crippen molar-refractivity contribution in [1.29, 1.82) is 0 Å². The summed E-state index contributed by atoms with van der Waals surface area (Å²) in [4.78, 5) is 14.0. The number of hydrogen-bond acceptors (Lipinski definition) is 5. The highest BCUT2D eigenvalue weighted by Gasteiger charge is 2.20. The maximum Gasteiger partial charge on any atom is 0.155 e. The maximum absolute atomic E-state index is 5.86. The van der Waals surface area contributed by atoms with E-state index in [1.165, 1.54) is 0 Å². The van der Waals surface area contributed by atoms with E-state index in [1.54, 1.807) is 0 Å². The molecule has 1 aliphatic rings. The number of aromatic nitrogens is 2. The monoisotopic (exact) mass is 394 g/mol. The van der Waals surface area contributed by atoms with Crippen LogP contribution in [0.15, 0.2) is 47.1 Å². The number of hydrogen-bond donors (Lipinski definition) is 0. The summed E-state index contributed by atoms with van der Waals surface area (Å²) in [5.74, 6) is 1.71. The normalized spacial score (nSPS) is 15.0. The molecule has 0 atom stereocenters. The Morgan fingerprint density at radius 2 is 1.69 bits per heavy atom. The van der Waals surface area contributed by atoms with Crippen LogP contribution in [-0.2, 0) is 0 Å². The first-order valence-corrected chi connectivity index (χ1v) is 8.51. The molecule has 140 valence electrons. The number of rotatable bonds is 3. The maximum atomic E-state index is 5.86. The first-order chi connectivity index (χ1) is 11.7. The smallest absolute Gasteiger partial charge is 0.155 e. The Kier molecular flexibility index (Phi) is 6.87. The van der Waals surface area contributed by atoms with Crippen LogP contribution in [0, 0.1) is 0 Å². The lowest BCUT2D eigenvalue weighted by atomic mass is 10.2. The lowest BCUT2D eigenvalue weighted by molar-refractivity contribution is 0.209. The van der Waals surface area contributed by atoms with Crippen LogP contribution >= 0.6 is 24.8 Å². The third kappa shape index (κ3) is 4.11. The molecule has 2 aromatic heterocycles. The predicted molar refractivity (Wildman–Crippen MR) is 111 cm³/mol. The van der Waals surface area contributed by atoms with Crippen LogP contribution in [0.4, 0.5) is 5.82 Å². The molecule has 1 fully saturated rings. The van der Waals surface area contributed by atoms with Gasteiger partial charge in [-0.15, -0.1) is 24.8 Å². The molecule has 1 aliphatic heterocycles. The number of para-hydroxylation sites is 1. The summed E-state index contributed by atoms with van der Waals surface area (Å²) in [5, 5.41) is 1.09. The third-order valence-corrected chi connectivity index (χ3v) is 4.68. The van der Waals surface area contributed by atoms with Crippen molar-refractivity contribution in [3.63, 3.8) is 0 Å². The molecule has 4 rings (SSSR count). The average Bonchev–Trinajstić information content (AvgIpc) is 3.06. The van der Waals surface area contributed by atoms with Crippen molar-refractivity contribution < 1.29 is 4.42 Å². The Morgan fingerprint density at radius 1 is 0.962 bits per heavy atom. The fourth-order valence-corrected chi connectivity index (χ4v) is 3.19. The van der Waals surface area contributed by atoms with Gasteiger partial charge in [0.15, 0.2) is 5.76 Å².